The van der Waals surface area contributed by atoms with E-state index in [9.17, 15) is 19.2 Å². The molecular weight excluding hydrogens is 614 g/mol. The Morgan fingerprint density at radius 2 is 1.40 bits per heavy atom. The van der Waals surface area contributed by atoms with Gasteiger partial charge in [0.25, 0.3) is 17.7 Å². The number of hydrogen-bond acceptors (Lipinski definition) is 6. The second-order valence-electron chi connectivity index (χ2n) is 9.48. The minimum Gasteiger partial charge on any atom is -0.493 e. The maximum Gasteiger partial charge on any atom is 0.343 e. The molecule has 5 amide bonds. The Labute approximate surface area is 256 Å². The number of aryl methyl sites for hydroxylation is 1. The van der Waals surface area contributed by atoms with Crippen molar-refractivity contribution in [2.75, 3.05) is 28.8 Å². The summed E-state index contributed by atoms with van der Waals surface area (Å²) >= 11 is 3.46. The molecule has 216 valence electrons. The molecule has 0 aliphatic carbocycles. The first-order chi connectivity index (χ1) is 20.8. The summed E-state index contributed by atoms with van der Waals surface area (Å²) in [6.07, 6.45) is 1.39. The minimum atomic E-state index is -0.781. The fourth-order valence-corrected chi connectivity index (χ4v) is 5.08. The van der Waals surface area contributed by atoms with Gasteiger partial charge in [-0.25, -0.2) is 14.6 Å². The van der Waals surface area contributed by atoms with E-state index in [0.29, 0.717) is 27.1 Å². The van der Waals surface area contributed by atoms with Crippen LogP contribution in [-0.4, -0.2) is 37.5 Å². The number of rotatable bonds is 8. The molecule has 1 aliphatic rings. The molecule has 9 nitrogen and oxygen atoms in total. The fraction of sp³-hybridized carbons (Fsp3) is 0.0909. The molecule has 1 aliphatic heterocycles. The zero-order valence-corrected chi connectivity index (χ0v) is 24.8. The molecular formula is C33H26BrN3O6. The number of nitrogens with one attached hydrogen (secondary N) is 1. The number of amides is 5. The number of ether oxygens (including phenoxy) is 2. The highest BCUT2D eigenvalue weighted by Crippen LogP contribution is 2.38. The Morgan fingerprint density at radius 3 is 1.95 bits per heavy atom. The Balaban J connectivity index is 1.46. The molecule has 1 saturated heterocycles. The smallest absolute Gasteiger partial charge is 0.343 e. The van der Waals surface area contributed by atoms with Crippen molar-refractivity contribution in [1.29, 1.82) is 0 Å². The summed E-state index contributed by atoms with van der Waals surface area (Å²) in [5, 5.41) is 2.81. The predicted molar refractivity (Wildman–Crippen MR) is 167 cm³/mol. The average molecular weight is 640 g/mol. The standard InChI is InChI=1S/C33H26BrN3O6/c1-21-11-9-10-16-27(21)35-29(38)20-43-30-26(34)18-22(19-28(30)42-2)17-25-31(39)36(23-12-5-3-6-13-23)33(41)37(32(25)40)24-14-7-4-8-15-24/h3-19H,20H2,1-2H3,(H,35,38). The van der Waals surface area contributed by atoms with Crippen molar-refractivity contribution in [1.82, 2.24) is 0 Å². The fourth-order valence-electron chi connectivity index (χ4n) is 4.51. The van der Waals surface area contributed by atoms with Crippen LogP contribution >= 0.6 is 15.9 Å². The van der Waals surface area contributed by atoms with E-state index in [1.54, 1.807) is 78.9 Å². The van der Waals surface area contributed by atoms with Gasteiger partial charge in [0, 0.05) is 5.69 Å². The molecule has 0 bridgehead atoms. The molecule has 0 atom stereocenters. The molecule has 1 N–H and O–H groups in total. The van der Waals surface area contributed by atoms with Crippen LogP contribution in [0.1, 0.15) is 11.1 Å². The number of imide groups is 2. The predicted octanol–water partition coefficient (Wildman–Crippen LogP) is 6.37. The molecule has 0 radical (unpaired) electrons. The Bertz CT molecular complexity index is 1680. The first-order valence-electron chi connectivity index (χ1n) is 13.2. The lowest BCUT2D eigenvalue weighted by atomic mass is 10.0. The summed E-state index contributed by atoms with van der Waals surface area (Å²) in [5.74, 6) is -1.37. The molecule has 1 heterocycles. The summed E-state index contributed by atoms with van der Waals surface area (Å²) in [4.78, 5) is 55.3. The van der Waals surface area contributed by atoms with Gasteiger partial charge >= 0.3 is 6.03 Å². The van der Waals surface area contributed by atoms with Crippen LogP contribution in [-0.2, 0) is 14.4 Å². The van der Waals surface area contributed by atoms with Crippen molar-refractivity contribution in [3.05, 3.63) is 118 Å². The average Bonchev–Trinajstić information content (AvgIpc) is 3.01. The Kier molecular flexibility index (Phi) is 8.68. The molecule has 4 aromatic carbocycles. The maximum atomic E-state index is 13.7. The lowest BCUT2D eigenvalue weighted by Crippen LogP contribution is -2.57. The molecule has 0 aromatic heterocycles. The topological polar surface area (TPSA) is 105 Å². The second-order valence-corrected chi connectivity index (χ2v) is 10.3. The lowest BCUT2D eigenvalue weighted by Gasteiger charge is -2.34. The van der Waals surface area contributed by atoms with Crippen LogP contribution in [0, 0.1) is 6.92 Å². The third kappa shape index (κ3) is 6.19. The molecule has 43 heavy (non-hydrogen) atoms. The lowest BCUT2D eigenvalue weighted by molar-refractivity contribution is -0.121. The summed E-state index contributed by atoms with van der Waals surface area (Å²) in [7, 11) is 1.43. The van der Waals surface area contributed by atoms with Crippen LogP contribution in [0.15, 0.2) is 107 Å². The number of methoxy groups -OCH3 is 1. The van der Waals surface area contributed by atoms with Gasteiger partial charge in [-0.1, -0.05) is 54.6 Å². The van der Waals surface area contributed by atoms with E-state index in [1.165, 1.54) is 13.2 Å². The summed E-state index contributed by atoms with van der Waals surface area (Å²) in [6.45, 7) is 1.60. The Hall–Kier alpha value is -5.22. The number of carbonyl (C=O) groups excluding carboxylic acids is 4. The SMILES string of the molecule is COc1cc(C=C2C(=O)N(c3ccccc3)C(=O)N(c3ccccc3)C2=O)cc(Br)c1OCC(=O)Nc1ccccc1C. The van der Waals surface area contributed by atoms with Crippen LogP contribution < -0.4 is 24.6 Å². The van der Waals surface area contributed by atoms with Gasteiger partial charge in [0.1, 0.15) is 5.57 Å². The van der Waals surface area contributed by atoms with Crippen molar-refractivity contribution in [3.8, 4) is 11.5 Å². The van der Waals surface area contributed by atoms with Gasteiger partial charge < -0.3 is 14.8 Å². The molecule has 5 rings (SSSR count). The molecule has 0 spiro atoms. The number of halogens is 1. The molecule has 1 fully saturated rings. The van der Waals surface area contributed by atoms with Gasteiger partial charge in [-0.2, -0.15) is 0 Å². The van der Waals surface area contributed by atoms with Crippen LogP contribution in [0.2, 0.25) is 0 Å². The number of barbiturate groups is 1. The monoisotopic (exact) mass is 639 g/mol. The largest absolute Gasteiger partial charge is 0.493 e. The van der Waals surface area contributed by atoms with E-state index >= 15 is 0 Å². The quantitative estimate of drug-likeness (QED) is 0.177. The number of urea groups is 1. The Morgan fingerprint density at radius 1 is 0.837 bits per heavy atom. The first kappa shape index (κ1) is 29.3. The normalized spacial score (nSPS) is 13.2. The maximum absolute atomic E-state index is 13.7. The van der Waals surface area contributed by atoms with E-state index in [1.807, 2.05) is 25.1 Å². The van der Waals surface area contributed by atoms with E-state index in [-0.39, 0.29) is 29.6 Å². The number of para-hydroxylation sites is 3. The van der Waals surface area contributed by atoms with Crippen molar-refractivity contribution in [2.45, 2.75) is 6.92 Å². The van der Waals surface area contributed by atoms with E-state index in [2.05, 4.69) is 21.2 Å². The number of hydrogen-bond donors (Lipinski definition) is 1. The minimum absolute atomic E-state index is 0.229. The summed E-state index contributed by atoms with van der Waals surface area (Å²) in [6, 6.07) is 26.6. The molecule has 4 aromatic rings. The van der Waals surface area contributed by atoms with Crippen molar-refractivity contribution in [3.63, 3.8) is 0 Å². The number of carbonyl (C=O) groups is 4. The van der Waals surface area contributed by atoms with Gasteiger partial charge in [0.15, 0.2) is 18.1 Å². The van der Waals surface area contributed by atoms with Crippen LogP contribution in [0.3, 0.4) is 0 Å². The second kappa shape index (κ2) is 12.7. The summed E-state index contributed by atoms with van der Waals surface area (Å²) in [5.41, 5.74) is 2.43. The van der Waals surface area contributed by atoms with Crippen LogP contribution in [0.5, 0.6) is 11.5 Å². The number of anilines is 3. The highest BCUT2D eigenvalue weighted by Gasteiger charge is 2.43. The molecule has 0 saturated carbocycles. The van der Waals surface area contributed by atoms with Gasteiger partial charge in [-0.3, -0.25) is 14.4 Å². The van der Waals surface area contributed by atoms with E-state index in [4.69, 9.17) is 9.47 Å². The van der Waals surface area contributed by atoms with Crippen molar-refractivity contribution in [2.24, 2.45) is 0 Å². The zero-order valence-electron chi connectivity index (χ0n) is 23.2. The zero-order chi connectivity index (χ0) is 30.5. The highest BCUT2D eigenvalue weighted by atomic mass is 79.9. The third-order valence-electron chi connectivity index (χ3n) is 6.61. The van der Waals surface area contributed by atoms with Crippen LogP contribution in [0.4, 0.5) is 21.9 Å². The van der Waals surface area contributed by atoms with E-state index < -0.39 is 17.8 Å². The van der Waals surface area contributed by atoms with Gasteiger partial charge in [-0.15, -0.1) is 0 Å². The summed E-state index contributed by atoms with van der Waals surface area (Å²) < 4.78 is 11.7. The first-order valence-corrected chi connectivity index (χ1v) is 14.0. The highest BCUT2D eigenvalue weighted by molar-refractivity contribution is 9.10. The number of benzene rings is 4. The number of nitrogens with zero attached hydrogens (tertiary/aromatic N) is 2. The van der Waals surface area contributed by atoms with Crippen molar-refractivity contribution < 1.29 is 28.7 Å². The molecule has 10 heteroatoms. The molecule has 0 unspecified atom stereocenters. The third-order valence-corrected chi connectivity index (χ3v) is 7.20. The van der Waals surface area contributed by atoms with Crippen molar-refractivity contribution >= 4 is 62.8 Å². The van der Waals surface area contributed by atoms with Gasteiger partial charge in [0.2, 0.25) is 0 Å². The van der Waals surface area contributed by atoms with Gasteiger partial charge in [-0.05, 0) is 82.5 Å². The van der Waals surface area contributed by atoms with Crippen LogP contribution in [0.25, 0.3) is 6.08 Å². The van der Waals surface area contributed by atoms with E-state index in [0.717, 1.165) is 15.4 Å². The van der Waals surface area contributed by atoms with Gasteiger partial charge in [0.05, 0.1) is 23.0 Å².